The Labute approximate surface area is 103 Å². The van der Waals surface area contributed by atoms with Crippen LogP contribution < -0.4 is 10.0 Å². The third kappa shape index (κ3) is 4.54. The van der Waals surface area contributed by atoms with Crippen LogP contribution in [0.1, 0.15) is 32.1 Å². The standard InChI is InChI=1S/C11H22N2O3S/c1-16-11-5-4-10(8-11)13-17(14,15)7-6-12-9-2-3-9/h9-13H,2-8H2,1H3. The lowest BCUT2D eigenvalue weighted by molar-refractivity contribution is 0.107. The van der Waals surface area contributed by atoms with Gasteiger partial charge in [-0.3, -0.25) is 0 Å². The van der Waals surface area contributed by atoms with Crippen molar-refractivity contribution in [2.75, 3.05) is 19.4 Å². The van der Waals surface area contributed by atoms with E-state index in [0.29, 0.717) is 12.6 Å². The number of ether oxygens (including phenoxy) is 1. The van der Waals surface area contributed by atoms with Crippen LogP contribution in [0.3, 0.4) is 0 Å². The Balaban J connectivity index is 1.68. The van der Waals surface area contributed by atoms with Crippen molar-refractivity contribution in [3.05, 3.63) is 0 Å². The van der Waals surface area contributed by atoms with Crippen molar-refractivity contribution in [3.63, 3.8) is 0 Å². The van der Waals surface area contributed by atoms with Crippen molar-refractivity contribution in [1.82, 2.24) is 10.0 Å². The third-order valence-corrected chi connectivity index (χ3v) is 4.88. The summed E-state index contributed by atoms with van der Waals surface area (Å²) < 4.78 is 31.6. The molecular formula is C11H22N2O3S. The highest BCUT2D eigenvalue weighted by atomic mass is 32.2. The fourth-order valence-electron chi connectivity index (χ4n) is 2.26. The molecule has 2 atom stereocenters. The maximum absolute atomic E-state index is 11.8. The smallest absolute Gasteiger partial charge is 0.213 e. The van der Waals surface area contributed by atoms with E-state index >= 15 is 0 Å². The van der Waals surface area contributed by atoms with Gasteiger partial charge in [-0.05, 0) is 32.1 Å². The van der Waals surface area contributed by atoms with Crippen LogP contribution in [-0.4, -0.2) is 46.0 Å². The molecule has 6 heteroatoms. The number of rotatable bonds is 7. The number of hydrogen-bond donors (Lipinski definition) is 2. The summed E-state index contributed by atoms with van der Waals surface area (Å²) in [4.78, 5) is 0. The minimum atomic E-state index is -3.13. The second-order valence-electron chi connectivity index (χ2n) is 5.03. The van der Waals surface area contributed by atoms with Crippen molar-refractivity contribution in [3.8, 4) is 0 Å². The van der Waals surface area contributed by atoms with Crippen LogP contribution in [-0.2, 0) is 14.8 Å². The van der Waals surface area contributed by atoms with E-state index in [4.69, 9.17) is 4.74 Å². The summed E-state index contributed by atoms with van der Waals surface area (Å²) in [7, 11) is -1.45. The zero-order chi connectivity index (χ0) is 12.3. The first-order chi connectivity index (χ1) is 8.09. The molecule has 0 bridgehead atoms. The van der Waals surface area contributed by atoms with Crippen molar-refractivity contribution >= 4 is 10.0 Å². The highest BCUT2D eigenvalue weighted by molar-refractivity contribution is 7.89. The molecule has 2 saturated carbocycles. The van der Waals surface area contributed by atoms with Crippen LogP contribution in [0.4, 0.5) is 0 Å². The van der Waals surface area contributed by atoms with Gasteiger partial charge in [0.2, 0.25) is 10.0 Å². The zero-order valence-corrected chi connectivity index (χ0v) is 11.1. The van der Waals surface area contributed by atoms with Gasteiger partial charge in [-0.1, -0.05) is 0 Å². The van der Waals surface area contributed by atoms with Gasteiger partial charge in [-0.25, -0.2) is 13.1 Å². The van der Waals surface area contributed by atoms with Crippen LogP contribution in [0.25, 0.3) is 0 Å². The van der Waals surface area contributed by atoms with Crippen LogP contribution in [0.2, 0.25) is 0 Å². The second-order valence-corrected chi connectivity index (χ2v) is 6.91. The minimum absolute atomic E-state index is 0.0610. The molecule has 100 valence electrons. The highest BCUT2D eigenvalue weighted by Crippen LogP contribution is 2.22. The van der Waals surface area contributed by atoms with Gasteiger partial charge in [0.1, 0.15) is 0 Å². The summed E-state index contributed by atoms with van der Waals surface area (Å²) >= 11 is 0. The third-order valence-electron chi connectivity index (χ3n) is 3.45. The fourth-order valence-corrected chi connectivity index (χ4v) is 3.49. The van der Waals surface area contributed by atoms with Gasteiger partial charge in [0.05, 0.1) is 11.9 Å². The van der Waals surface area contributed by atoms with Gasteiger partial charge >= 0.3 is 0 Å². The van der Waals surface area contributed by atoms with Crippen molar-refractivity contribution in [1.29, 1.82) is 0 Å². The molecule has 2 unspecified atom stereocenters. The Kier molecular flexibility index (Phi) is 4.41. The first kappa shape index (κ1) is 13.3. The van der Waals surface area contributed by atoms with Gasteiger partial charge in [0.25, 0.3) is 0 Å². The SMILES string of the molecule is COC1CCC(NS(=O)(=O)CCNC2CC2)C1. The molecule has 0 amide bonds. The van der Waals surface area contributed by atoms with Gasteiger partial charge in [0, 0.05) is 25.7 Å². The quantitative estimate of drug-likeness (QED) is 0.689. The molecule has 5 nitrogen and oxygen atoms in total. The summed E-state index contributed by atoms with van der Waals surface area (Å²) in [5.74, 6) is 0.178. The van der Waals surface area contributed by atoms with E-state index < -0.39 is 10.0 Å². The van der Waals surface area contributed by atoms with E-state index in [0.717, 1.165) is 19.3 Å². The van der Waals surface area contributed by atoms with Gasteiger partial charge in [-0.2, -0.15) is 0 Å². The highest BCUT2D eigenvalue weighted by Gasteiger charge is 2.28. The Morgan fingerprint density at radius 1 is 1.18 bits per heavy atom. The fraction of sp³-hybridized carbons (Fsp3) is 1.00. The van der Waals surface area contributed by atoms with Crippen molar-refractivity contribution in [2.45, 2.75) is 50.3 Å². The molecule has 0 heterocycles. The minimum Gasteiger partial charge on any atom is -0.381 e. The van der Waals surface area contributed by atoms with Crippen molar-refractivity contribution < 1.29 is 13.2 Å². The van der Waals surface area contributed by atoms with E-state index in [1.807, 2.05) is 0 Å². The molecule has 2 rings (SSSR count). The van der Waals surface area contributed by atoms with Crippen LogP contribution in [0.15, 0.2) is 0 Å². The molecule has 0 aromatic carbocycles. The van der Waals surface area contributed by atoms with E-state index in [1.165, 1.54) is 12.8 Å². The summed E-state index contributed by atoms with van der Waals surface area (Å²) in [6.45, 7) is 0.556. The normalized spacial score (nSPS) is 29.7. The van der Waals surface area contributed by atoms with E-state index in [-0.39, 0.29) is 17.9 Å². The largest absolute Gasteiger partial charge is 0.381 e. The Bertz CT molecular complexity index is 341. The number of nitrogens with one attached hydrogen (secondary N) is 2. The first-order valence-corrected chi connectivity index (χ1v) is 8.00. The summed E-state index contributed by atoms with van der Waals surface area (Å²) in [6, 6.07) is 0.625. The van der Waals surface area contributed by atoms with Gasteiger partial charge < -0.3 is 10.1 Å². The number of sulfonamides is 1. The molecule has 2 N–H and O–H groups in total. The van der Waals surface area contributed by atoms with E-state index in [9.17, 15) is 8.42 Å². The second kappa shape index (κ2) is 5.65. The predicted octanol–water partition coefficient (Wildman–Crippen LogP) is 0.225. The van der Waals surface area contributed by atoms with E-state index in [1.54, 1.807) is 7.11 Å². The molecule has 0 radical (unpaired) electrons. The molecule has 2 aliphatic rings. The average molecular weight is 262 g/mol. The Hall–Kier alpha value is -0.170. The molecule has 0 saturated heterocycles. The number of methoxy groups -OCH3 is 1. The first-order valence-electron chi connectivity index (χ1n) is 6.35. The molecule has 0 aromatic heterocycles. The predicted molar refractivity (Wildman–Crippen MR) is 66.4 cm³/mol. The molecule has 0 aliphatic heterocycles. The lowest BCUT2D eigenvalue weighted by Gasteiger charge is -2.13. The topological polar surface area (TPSA) is 67.4 Å². The molecule has 17 heavy (non-hydrogen) atoms. The van der Waals surface area contributed by atoms with Gasteiger partial charge in [-0.15, -0.1) is 0 Å². The van der Waals surface area contributed by atoms with Crippen LogP contribution in [0, 0.1) is 0 Å². The lowest BCUT2D eigenvalue weighted by atomic mass is 10.3. The number of hydrogen-bond acceptors (Lipinski definition) is 4. The Morgan fingerprint density at radius 2 is 1.88 bits per heavy atom. The molecule has 0 aromatic rings. The summed E-state index contributed by atoms with van der Waals surface area (Å²) in [5.41, 5.74) is 0. The maximum atomic E-state index is 11.8. The Morgan fingerprint density at radius 3 is 2.47 bits per heavy atom. The molecule has 2 fully saturated rings. The maximum Gasteiger partial charge on any atom is 0.213 e. The monoisotopic (exact) mass is 262 g/mol. The molecule has 0 spiro atoms. The van der Waals surface area contributed by atoms with Crippen LogP contribution >= 0.6 is 0 Å². The van der Waals surface area contributed by atoms with Crippen molar-refractivity contribution in [2.24, 2.45) is 0 Å². The zero-order valence-electron chi connectivity index (χ0n) is 10.3. The summed E-state index contributed by atoms with van der Waals surface area (Å²) in [6.07, 6.45) is 5.22. The van der Waals surface area contributed by atoms with Crippen LogP contribution in [0.5, 0.6) is 0 Å². The molecular weight excluding hydrogens is 240 g/mol. The lowest BCUT2D eigenvalue weighted by Crippen LogP contribution is -2.38. The van der Waals surface area contributed by atoms with Gasteiger partial charge in [0.15, 0.2) is 0 Å². The average Bonchev–Trinajstić information content (AvgIpc) is 2.97. The summed E-state index contributed by atoms with van der Waals surface area (Å²) in [5, 5.41) is 3.21. The molecule has 2 aliphatic carbocycles. The van der Waals surface area contributed by atoms with E-state index in [2.05, 4.69) is 10.0 Å².